The van der Waals surface area contributed by atoms with Crippen LogP contribution < -0.4 is 0 Å². The Kier molecular flexibility index (Phi) is 2.63. The number of carbonyl (C=O) groups is 1. The maximum Gasteiger partial charge on any atom is 0.227 e. The number of nitrogens with zero attached hydrogens (tertiary/aromatic N) is 4. The highest BCUT2D eigenvalue weighted by molar-refractivity contribution is 14.1. The topological polar surface area (TPSA) is 60.2 Å². The van der Waals surface area contributed by atoms with Crippen LogP contribution in [-0.4, -0.2) is 25.4 Å². The molecule has 0 fully saturated rings. The fourth-order valence-electron chi connectivity index (χ4n) is 1.14. The molecular weight excluding hydrogens is 330 g/mol. The molecule has 2 aromatic heterocycles. The van der Waals surface area contributed by atoms with Gasteiger partial charge in [-0.25, -0.2) is 4.98 Å². The third kappa shape index (κ3) is 1.71. The second-order valence-electron chi connectivity index (χ2n) is 3.01. The highest BCUT2D eigenvalue weighted by Crippen LogP contribution is 2.18. The first kappa shape index (κ1) is 10.7. The SMILES string of the molecule is CC(=O)c1nc(Cl)n2nc(C)c(I)c2n1. The highest BCUT2D eigenvalue weighted by atomic mass is 127. The molecule has 0 amide bonds. The quantitative estimate of drug-likeness (QED) is 0.589. The van der Waals surface area contributed by atoms with Crippen molar-refractivity contribution in [3.63, 3.8) is 0 Å². The molecule has 0 unspecified atom stereocenters. The first-order valence-electron chi connectivity index (χ1n) is 4.10. The van der Waals surface area contributed by atoms with Gasteiger partial charge in [0, 0.05) is 6.92 Å². The maximum atomic E-state index is 11.1. The molecule has 0 saturated heterocycles. The molecule has 0 bridgehead atoms. The van der Waals surface area contributed by atoms with Crippen LogP contribution in [0.25, 0.3) is 5.65 Å². The predicted octanol–water partition coefficient (Wildman–Crippen LogP) is 1.89. The predicted molar refractivity (Wildman–Crippen MR) is 63.3 cm³/mol. The fraction of sp³-hybridized carbons (Fsp3) is 0.250. The van der Waals surface area contributed by atoms with Gasteiger partial charge in [0.05, 0.1) is 9.26 Å². The van der Waals surface area contributed by atoms with Crippen LogP contribution in [0.5, 0.6) is 0 Å². The molecule has 0 aliphatic heterocycles. The molecule has 15 heavy (non-hydrogen) atoms. The smallest absolute Gasteiger partial charge is 0.227 e. The molecule has 0 spiro atoms. The van der Waals surface area contributed by atoms with Crippen molar-refractivity contribution in [1.29, 1.82) is 0 Å². The molecule has 2 aromatic rings. The number of aryl methyl sites for hydroxylation is 1. The van der Waals surface area contributed by atoms with E-state index >= 15 is 0 Å². The maximum absolute atomic E-state index is 11.1. The van der Waals surface area contributed by atoms with E-state index in [1.165, 1.54) is 11.4 Å². The summed E-state index contributed by atoms with van der Waals surface area (Å²) in [5.41, 5.74) is 1.38. The van der Waals surface area contributed by atoms with Gasteiger partial charge in [-0.15, -0.1) is 0 Å². The lowest BCUT2D eigenvalue weighted by atomic mass is 10.4. The molecular formula is C8H6ClIN4O. The van der Waals surface area contributed by atoms with Gasteiger partial charge in [0.2, 0.25) is 11.1 Å². The Labute approximate surface area is 104 Å². The Morgan fingerprint density at radius 3 is 2.73 bits per heavy atom. The molecule has 0 saturated carbocycles. The van der Waals surface area contributed by atoms with E-state index < -0.39 is 0 Å². The number of aromatic nitrogens is 4. The zero-order valence-electron chi connectivity index (χ0n) is 7.95. The highest BCUT2D eigenvalue weighted by Gasteiger charge is 2.14. The summed E-state index contributed by atoms with van der Waals surface area (Å²) in [6, 6.07) is 0. The van der Waals surface area contributed by atoms with Crippen molar-refractivity contribution in [2.75, 3.05) is 0 Å². The third-order valence-corrected chi connectivity index (χ3v) is 3.37. The number of rotatable bonds is 1. The summed E-state index contributed by atoms with van der Waals surface area (Å²) >= 11 is 8.00. The van der Waals surface area contributed by atoms with Crippen LogP contribution in [-0.2, 0) is 0 Å². The largest absolute Gasteiger partial charge is 0.291 e. The standard InChI is InChI=1S/C8H6ClIN4O/c1-3-5(10)7-11-6(4(2)15)12-8(9)14(7)13-3/h1-2H3. The minimum absolute atomic E-state index is 0.116. The number of fused-ring (bicyclic) bond motifs is 1. The molecule has 78 valence electrons. The zero-order chi connectivity index (χ0) is 11.2. The molecule has 0 radical (unpaired) electrons. The Balaban J connectivity index is 2.85. The van der Waals surface area contributed by atoms with Crippen molar-refractivity contribution in [3.8, 4) is 0 Å². The van der Waals surface area contributed by atoms with E-state index in [1.807, 2.05) is 6.92 Å². The summed E-state index contributed by atoms with van der Waals surface area (Å²) < 4.78 is 2.30. The monoisotopic (exact) mass is 336 g/mol. The zero-order valence-corrected chi connectivity index (χ0v) is 10.9. The van der Waals surface area contributed by atoms with E-state index in [-0.39, 0.29) is 16.9 Å². The summed E-state index contributed by atoms with van der Waals surface area (Å²) in [4.78, 5) is 19.1. The van der Waals surface area contributed by atoms with Gasteiger partial charge in [-0.3, -0.25) is 4.79 Å². The van der Waals surface area contributed by atoms with Crippen molar-refractivity contribution in [2.24, 2.45) is 0 Å². The third-order valence-electron chi connectivity index (χ3n) is 1.86. The van der Waals surface area contributed by atoms with E-state index in [2.05, 4.69) is 37.7 Å². The van der Waals surface area contributed by atoms with Crippen LogP contribution in [0.15, 0.2) is 0 Å². The number of halogens is 2. The fourth-order valence-corrected chi connectivity index (χ4v) is 1.79. The minimum atomic E-state index is -0.214. The Morgan fingerprint density at radius 2 is 2.13 bits per heavy atom. The van der Waals surface area contributed by atoms with Gasteiger partial charge in [-0.2, -0.15) is 14.6 Å². The number of carbonyl (C=O) groups excluding carboxylic acids is 1. The summed E-state index contributed by atoms with van der Waals surface area (Å²) in [5.74, 6) is -0.0978. The van der Waals surface area contributed by atoms with Gasteiger partial charge >= 0.3 is 0 Å². The Morgan fingerprint density at radius 1 is 1.47 bits per heavy atom. The lowest BCUT2D eigenvalue weighted by Gasteiger charge is -1.98. The van der Waals surface area contributed by atoms with Gasteiger partial charge < -0.3 is 0 Å². The van der Waals surface area contributed by atoms with Crippen LogP contribution in [0, 0.1) is 10.5 Å². The van der Waals surface area contributed by atoms with Crippen molar-refractivity contribution in [2.45, 2.75) is 13.8 Å². The molecule has 0 aromatic carbocycles. The van der Waals surface area contributed by atoms with E-state index in [0.29, 0.717) is 5.65 Å². The lowest BCUT2D eigenvalue weighted by molar-refractivity contribution is 0.100. The van der Waals surface area contributed by atoms with Gasteiger partial charge in [0.1, 0.15) is 0 Å². The molecule has 0 N–H and O–H groups in total. The van der Waals surface area contributed by atoms with Crippen LogP contribution in [0.2, 0.25) is 5.28 Å². The van der Waals surface area contributed by atoms with Crippen LogP contribution in [0.3, 0.4) is 0 Å². The van der Waals surface area contributed by atoms with Gasteiger partial charge in [0.25, 0.3) is 0 Å². The number of ketones is 1. The second kappa shape index (κ2) is 3.67. The number of Topliss-reactive ketones (excluding diaryl/α,β-unsaturated/α-hetero) is 1. The van der Waals surface area contributed by atoms with Crippen molar-refractivity contribution in [1.82, 2.24) is 19.6 Å². The van der Waals surface area contributed by atoms with Crippen molar-refractivity contribution in [3.05, 3.63) is 20.4 Å². The average Bonchev–Trinajstić information content (AvgIpc) is 2.45. The summed E-state index contributed by atoms with van der Waals surface area (Å²) in [7, 11) is 0. The summed E-state index contributed by atoms with van der Waals surface area (Å²) in [6.07, 6.45) is 0. The first-order chi connectivity index (χ1) is 7.00. The normalized spacial score (nSPS) is 10.9. The van der Waals surface area contributed by atoms with E-state index in [9.17, 15) is 4.79 Å². The van der Waals surface area contributed by atoms with Crippen molar-refractivity contribution < 1.29 is 4.79 Å². The molecule has 5 nitrogen and oxygen atoms in total. The molecule has 7 heteroatoms. The average molecular weight is 337 g/mol. The molecule has 0 aliphatic carbocycles. The molecule has 0 atom stereocenters. The van der Waals surface area contributed by atoms with Gasteiger partial charge in [-0.05, 0) is 41.1 Å². The molecule has 2 rings (SSSR count). The number of hydrogen-bond donors (Lipinski definition) is 0. The van der Waals surface area contributed by atoms with Crippen LogP contribution >= 0.6 is 34.2 Å². The van der Waals surface area contributed by atoms with Crippen LogP contribution in [0.1, 0.15) is 23.2 Å². The van der Waals surface area contributed by atoms with Crippen molar-refractivity contribution >= 4 is 45.6 Å². The van der Waals surface area contributed by atoms with E-state index in [0.717, 1.165) is 9.26 Å². The second-order valence-corrected chi connectivity index (χ2v) is 4.42. The minimum Gasteiger partial charge on any atom is -0.291 e. The molecule has 0 aliphatic rings. The Hall–Kier alpha value is -0.760. The van der Waals surface area contributed by atoms with E-state index in [4.69, 9.17) is 11.6 Å². The van der Waals surface area contributed by atoms with Gasteiger partial charge in [-0.1, -0.05) is 0 Å². The number of hydrogen-bond acceptors (Lipinski definition) is 4. The molecule has 2 heterocycles. The summed E-state index contributed by atoms with van der Waals surface area (Å²) in [5, 5.41) is 4.30. The van der Waals surface area contributed by atoms with Crippen LogP contribution in [0.4, 0.5) is 0 Å². The lowest BCUT2D eigenvalue weighted by Crippen LogP contribution is -2.06. The Bertz CT molecular complexity index is 565. The summed E-state index contributed by atoms with van der Waals surface area (Å²) in [6.45, 7) is 3.25. The van der Waals surface area contributed by atoms with Gasteiger partial charge in [0.15, 0.2) is 11.4 Å². The van der Waals surface area contributed by atoms with E-state index in [1.54, 1.807) is 0 Å². The first-order valence-corrected chi connectivity index (χ1v) is 5.55.